The number of fused-ring (bicyclic) bond motifs is 1. The molecule has 28 heavy (non-hydrogen) atoms. The minimum atomic E-state index is -3.68. The summed E-state index contributed by atoms with van der Waals surface area (Å²) in [5, 5.41) is 10.8. The maximum Gasteiger partial charge on any atom is 0.251 e. The van der Waals surface area contributed by atoms with Crippen LogP contribution < -0.4 is 10.0 Å². The molecule has 0 unspecified atom stereocenters. The first-order valence-electron chi connectivity index (χ1n) is 8.59. The number of rotatable bonds is 8. The Morgan fingerprint density at radius 2 is 1.93 bits per heavy atom. The number of carbonyl (C=O) groups is 1. The van der Waals surface area contributed by atoms with E-state index in [9.17, 15) is 13.2 Å². The predicted octanol–water partition coefficient (Wildman–Crippen LogP) is 0.972. The van der Waals surface area contributed by atoms with Gasteiger partial charge in [-0.1, -0.05) is 6.07 Å². The van der Waals surface area contributed by atoms with Crippen LogP contribution in [0.5, 0.6) is 0 Å². The highest BCUT2D eigenvalue weighted by atomic mass is 32.2. The van der Waals surface area contributed by atoms with Gasteiger partial charge in [0.05, 0.1) is 18.0 Å². The van der Waals surface area contributed by atoms with Crippen molar-refractivity contribution in [1.29, 1.82) is 0 Å². The van der Waals surface area contributed by atoms with Crippen molar-refractivity contribution in [2.24, 2.45) is 0 Å². The number of benzene rings is 1. The van der Waals surface area contributed by atoms with Crippen molar-refractivity contribution in [2.75, 3.05) is 13.7 Å². The first-order valence-corrected chi connectivity index (χ1v) is 10.1. The van der Waals surface area contributed by atoms with Gasteiger partial charge in [-0.15, -0.1) is 10.2 Å². The summed E-state index contributed by atoms with van der Waals surface area (Å²) in [5.74, 6) is 0.261. The van der Waals surface area contributed by atoms with Gasteiger partial charge in [-0.25, -0.2) is 13.1 Å². The highest BCUT2D eigenvalue weighted by molar-refractivity contribution is 7.89. The summed E-state index contributed by atoms with van der Waals surface area (Å²) >= 11 is 0. The molecule has 0 saturated carbocycles. The molecule has 3 rings (SSSR count). The van der Waals surface area contributed by atoms with E-state index in [2.05, 4.69) is 20.2 Å². The van der Waals surface area contributed by atoms with E-state index in [-0.39, 0.29) is 30.0 Å². The molecule has 0 aliphatic heterocycles. The van der Waals surface area contributed by atoms with Crippen molar-refractivity contribution < 1.29 is 17.9 Å². The van der Waals surface area contributed by atoms with Crippen molar-refractivity contribution in [3.05, 3.63) is 60.0 Å². The molecular formula is C18H21N5O4S. The average molecular weight is 403 g/mol. The average Bonchev–Trinajstić information content (AvgIpc) is 3.09. The molecule has 0 spiro atoms. The van der Waals surface area contributed by atoms with Crippen LogP contribution in [0.25, 0.3) is 5.65 Å². The predicted molar refractivity (Wildman–Crippen MR) is 102 cm³/mol. The van der Waals surface area contributed by atoms with Crippen LogP contribution in [0.3, 0.4) is 0 Å². The van der Waals surface area contributed by atoms with Crippen LogP contribution in [0.2, 0.25) is 0 Å². The van der Waals surface area contributed by atoms with E-state index in [4.69, 9.17) is 4.74 Å². The lowest BCUT2D eigenvalue weighted by molar-refractivity contribution is 0.0949. The number of pyridine rings is 1. The van der Waals surface area contributed by atoms with Gasteiger partial charge in [-0.3, -0.25) is 9.20 Å². The lowest BCUT2D eigenvalue weighted by atomic mass is 10.2. The number of hydrogen-bond donors (Lipinski definition) is 2. The number of nitrogens with one attached hydrogen (secondary N) is 2. The van der Waals surface area contributed by atoms with Crippen LogP contribution in [0.15, 0.2) is 53.6 Å². The zero-order chi connectivity index (χ0) is 20.1. The maximum absolute atomic E-state index is 12.3. The Labute approximate surface area is 162 Å². The van der Waals surface area contributed by atoms with Gasteiger partial charge in [-0.2, -0.15) is 0 Å². The third-order valence-corrected chi connectivity index (χ3v) is 5.60. The van der Waals surface area contributed by atoms with Gasteiger partial charge in [0.1, 0.15) is 0 Å². The van der Waals surface area contributed by atoms with Gasteiger partial charge in [-0.05, 0) is 43.3 Å². The van der Waals surface area contributed by atoms with E-state index >= 15 is 0 Å². The number of methoxy groups -OCH3 is 1. The Morgan fingerprint density at radius 1 is 1.18 bits per heavy atom. The Bertz CT molecular complexity index is 1060. The smallest absolute Gasteiger partial charge is 0.251 e. The lowest BCUT2D eigenvalue weighted by Crippen LogP contribution is -2.35. The normalized spacial score (nSPS) is 12.8. The fraction of sp³-hybridized carbons (Fsp3) is 0.278. The largest absolute Gasteiger partial charge is 0.383 e. The number of aromatic nitrogens is 3. The van der Waals surface area contributed by atoms with Gasteiger partial charge in [0.2, 0.25) is 10.0 Å². The molecule has 0 radical (unpaired) electrons. The third kappa shape index (κ3) is 4.53. The first-order chi connectivity index (χ1) is 13.4. The fourth-order valence-electron chi connectivity index (χ4n) is 2.68. The molecule has 2 heterocycles. The minimum Gasteiger partial charge on any atom is -0.383 e. The molecule has 0 aliphatic carbocycles. The monoisotopic (exact) mass is 403 g/mol. The summed E-state index contributed by atoms with van der Waals surface area (Å²) in [7, 11) is -2.18. The lowest BCUT2D eigenvalue weighted by Gasteiger charge is -2.13. The van der Waals surface area contributed by atoms with E-state index in [1.54, 1.807) is 11.3 Å². The molecular weight excluding hydrogens is 382 g/mol. The number of sulfonamides is 1. The van der Waals surface area contributed by atoms with Gasteiger partial charge < -0.3 is 10.1 Å². The molecule has 9 nitrogen and oxygen atoms in total. The second kappa shape index (κ2) is 8.46. The SMILES string of the molecule is COC[C@H](C)NS(=O)(=O)c1ccc(C(=O)NCc2nnc3ccccn23)cc1. The molecule has 10 heteroatoms. The van der Waals surface area contributed by atoms with E-state index in [1.807, 2.05) is 24.4 Å². The van der Waals surface area contributed by atoms with Crippen LogP contribution >= 0.6 is 0 Å². The number of hydrogen-bond acceptors (Lipinski definition) is 6. The standard InChI is InChI=1S/C18H21N5O4S/c1-13(12-27-2)22-28(25,26)15-8-6-14(7-9-15)18(24)19-11-17-21-20-16-5-3-4-10-23(16)17/h3-10,13,22H,11-12H2,1-2H3,(H,19,24)/t13-/m0/s1. The van der Waals surface area contributed by atoms with E-state index in [1.165, 1.54) is 31.4 Å². The summed E-state index contributed by atoms with van der Waals surface area (Å²) in [5.41, 5.74) is 1.04. The summed E-state index contributed by atoms with van der Waals surface area (Å²) < 4.78 is 33.9. The number of amides is 1. The van der Waals surface area contributed by atoms with Crippen LogP contribution in [0.4, 0.5) is 0 Å². The van der Waals surface area contributed by atoms with E-state index in [0.29, 0.717) is 17.0 Å². The summed E-state index contributed by atoms with van der Waals surface area (Å²) in [6.07, 6.45) is 1.81. The van der Waals surface area contributed by atoms with Crippen molar-refractivity contribution in [2.45, 2.75) is 24.4 Å². The van der Waals surface area contributed by atoms with E-state index < -0.39 is 10.0 Å². The Kier molecular flexibility index (Phi) is 6.02. The van der Waals surface area contributed by atoms with Crippen molar-refractivity contribution in [1.82, 2.24) is 24.6 Å². The molecule has 3 aromatic rings. The molecule has 2 N–H and O–H groups in total. The molecule has 1 atom stereocenters. The molecule has 0 fully saturated rings. The number of ether oxygens (including phenoxy) is 1. The molecule has 0 saturated heterocycles. The van der Waals surface area contributed by atoms with Gasteiger partial charge in [0, 0.05) is 24.9 Å². The Balaban J connectivity index is 1.65. The van der Waals surface area contributed by atoms with Gasteiger partial charge >= 0.3 is 0 Å². The van der Waals surface area contributed by atoms with Gasteiger partial charge in [0.25, 0.3) is 5.91 Å². The summed E-state index contributed by atoms with van der Waals surface area (Å²) in [6.45, 7) is 2.16. The zero-order valence-electron chi connectivity index (χ0n) is 15.5. The van der Waals surface area contributed by atoms with Crippen molar-refractivity contribution >= 4 is 21.6 Å². The molecule has 0 aliphatic rings. The highest BCUT2D eigenvalue weighted by Crippen LogP contribution is 2.12. The maximum atomic E-state index is 12.3. The molecule has 1 aromatic carbocycles. The number of carbonyl (C=O) groups excluding carboxylic acids is 1. The number of nitrogens with zero attached hydrogens (tertiary/aromatic N) is 3. The summed E-state index contributed by atoms with van der Waals surface area (Å²) in [4.78, 5) is 12.4. The quantitative estimate of drug-likeness (QED) is 0.579. The topological polar surface area (TPSA) is 115 Å². The Morgan fingerprint density at radius 3 is 2.64 bits per heavy atom. The summed E-state index contributed by atoms with van der Waals surface area (Å²) in [6, 6.07) is 10.9. The molecule has 0 bridgehead atoms. The third-order valence-electron chi connectivity index (χ3n) is 3.99. The zero-order valence-corrected chi connectivity index (χ0v) is 16.3. The molecule has 2 aromatic heterocycles. The first kappa shape index (κ1) is 19.9. The van der Waals surface area contributed by atoms with Crippen LogP contribution in [-0.2, 0) is 21.3 Å². The van der Waals surface area contributed by atoms with Crippen LogP contribution in [0, 0.1) is 0 Å². The van der Waals surface area contributed by atoms with Crippen LogP contribution in [-0.4, -0.2) is 48.7 Å². The second-order valence-electron chi connectivity index (χ2n) is 6.23. The van der Waals surface area contributed by atoms with Crippen molar-refractivity contribution in [3.8, 4) is 0 Å². The minimum absolute atomic E-state index is 0.0791. The highest BCUT2D eigenvalue weighted by Gasteiger charge is 2.18. The fourth-order valence-corrected chi connectivity index (χ4v) is 3.90. The van der Waals surface area contributed by atoms with E-state index in [0.717, 1.165) is 0 Å². The molecule has 148 valence electrons. The van der Waals surface area contributed by atoms with Gasteiger partial charge in [0.15, 0.2) is 11.5 Å². The van der Waals surface area contributed by atoms with Crippen LogP contribution in [0.1, 0.15) is 23.1 Å². The Hall–Kier alpha value is -2.82. The van der Waals surface area contributed by atoms with Crippen molar-refractivity contribution in [3.63, 3.8) is 0 Å². The molecule has 1 amide bonds. The second-order valence-corrected chi connectivity index (χ2v) is 7.94.